The third kappa shape index (κ3) is 2.65. The lowest BCUT2D eigenvalue weighted by molar-refractivity contribution is -0.137. The van der Waals surface area contributed by atoms with Crippen LogP contribution in [0, 0.1) is 0 Å². The van der Waals surface area contributed by atoms with Crippen LogP contribution < -0.4 is 5.73 Å². The van der Waals surface area contributed by atoms with Gasteiger partial charge in [-0.15, -0.1) is 11.3 Å². The zero-order chi connectivity index (χ0) is 17.0. The average molecular weight is 341 g/mol. The Morgan fingerprint density at radius 2 is 1.87 bits per heavy atom. The number of anilines is 1. The molecule has 0 radical (unpaired) electrons. The molecule has 9 heteroatoms. The van der Waals surface area contributed by atoms with Gasteiger partial charge in [-0.3, -0.25) is 4.40 Å². The number of fused-ring (bicyclic) bond motifs is 1. The number of hydrogen-bond acceptors (Lipinski definition) is 5. The van der Waals surface area contributed by atoms with Crippen molar-refractivity contribution in [3.8, 4) is 10.6 Å². The van der Waals surface area contributed by atoms with Gasteiger partial charge in [0.05, 0.1) is 4.88 Å². The molecule has 0 unspecified atom stereocenters. The van der Waals surface area contributed by atoms with E-state index >= 15 is 0 Å². The van der Waals surface area contributed by atoms with E-state index in [1.165, 1.54) is 12.4 Å². The van der Waals surface area contributed by atoms with Crippen LogP contribution in [0.5, 0.6) is 0 Å². The number of nitrogen functional groups attached to an aromatic ring is 1. The van der Waals surface area contributed by atoms with Crippen molar-refractivity contribution in [2.24, 2.45) is 0 Å². The van der Waals surface area contributed by atoms with Gasteiger partial charge in [-0.1, -0.05) is 20.8 Å². The van der Waals surface area contributed by atoms with Crippen LogP contribution in [0.15, 0.2) is 18.6 Å². The maximum Gasteiger partial charge on any atom is 0.443 e. The van der Waals surface area contributed by atoms with Crippen molar-refractivity contribution in [1.82, 2.24) is 19.4 Å². The quantitative estimate of drug-likeness (QED) is 0.732. The van der Waals surface area contributed by atoms with E-state index in [0.717, 1.165) is 0 Å². The van der Waals surface area contributed by atoms with Gasteiger partial charge in [0.2, 0.25) is 0 Å². The van der Waals surface area contributed by atoms with Crippen LogP contribution in [0.1, 0.15) is 31.6 Å². The van der Waals surface area contributed by atoms with Crippen LogP contribution in [0.25, 0.3) is 16.1 Å². The summed E-state index contributed by atoms with van der Waals surface area (Å²) in [6.07, 6.45) is -0.0604. The van der Waals surface area contributed by atoms with Gasteiger partial charge < -0.3 is 5.73 Å². The minimum Gasteiger partial charge on any atom is -0.382 e. The molecule has 0 fully saturated rings. The summed E-state index contributed by atoms with van der Waals surface area (Å²) in [5.41, 5.74) is 6.48. The van der Waals surface area contributed by atoms with Gasteiger partial charge in [-0.25, -0.2) is 15.0 Å². The molecule has 0 saturated heterocycles. The molecule has 0 bridgehead atoms. The van der Waals surface area contributed by atoms with Crippen molar-refractivity contribution in [1.29, 1.82) is 0 Å². The highest BCUT2D eigenvalue weighted by Crippen LogP contribution is 2.39. The first kappa shape index (κ1) is 15.7. The first-order chi connectivity index (χ1) is 10.6. The molecule has 3 rings (SSSR count). The molecule has 0 aliphatic carbocycles. The van der Waals surface area contributed by atoms with E-state index in [1.807, 2.05) is 20.8 Å². The van der Waals surface area contributed by atoms with Gasteiger partial charge in [0.25, 0.3) is 0 Å². The molecular weight excluding hydrogens is 327 g/mol. The first-order valence-electron chi connectivity index (χ1n) is 6.75. The summed E-state index contributed by atoms with van der Waals surface area (Å²) in [5.74, 6) is 0.908. The number of thiazole rings is 1. The second-order valence-corrected chi connectivity index (χ2v) is 7.12. The highest BCUT2D eigenvalue weighted by molar-refractivity contribution is 7.15. The summed E-state index contributed by atoms with van der Waals surface area (Å²) in [5, 5.41) is -0.909. The van der Waals surface area contributed by atoms with Crippen molar-refractivity contribution in [2.75, 3.05) is 5.73 Å². The average Bonchev–Trinajstić information content (AvgIpc) is 3.01. The zero-order valence-electron chi connectivity index (χ0n) is 12.6. The molecule has 0 spiro atoms. The predicted molar refractivity (Wildman–Crippen MR) is 82.2 cm³/mol. The van der Waals surface area contributed by atoms with Crippen molar-refractivity contribution in [3.05, 3.63) is 29.4 Å². The number of aromatic nitrogens is 4. The lowest BCUT2D eigenvalue weighted by Gasteiger charge is -2.16. The molecule has 3 aromatic heterocycles. The maximum absolute atomic E-state index is 12.8. The van der Waals surface area contributed by atoms with Crippen LogP contribution in [0.3, 0.4) is 0 Å². The molecule has 0 saturated carbocycles. The van der Waals surface area contributed by atoms with E-state index in [0.29, 0.717) is 33.2 Å². The summed E-state index contributed by atoms with van der Waals surface area (Å²) >= 11 is 0.545. The van der Waals surface area contributed by atoms with Gasteiger partial charge in [0.15, 0.2) is 5.01 Å². The normalized spacial score (nSPS) is 13.0. The second-order valence-electron chi connectivity index (χ2n) is 6.09. The Kier molecular flexibility index (Phi) is 3.36. The Morgan fingerprint density at radius 3 is 2.43 bits per heavy atom. The summed E-state index contributed by atoms with van der Waals surface area (Å²) in [6.45, 7) is 5.90. The van der Waals surface area contributed by atoms with Gasteiger partial charge >= 0.3 is 6.18 Å². The van der Waals surface area contributed by atoms with Gasteiger partial charge in [-0.2, -0.15) is 13.2 Å². The minimum absolute atomic E-state index is 0.215. The summed E-state index contributed by atoms with van der Waals surface area (Å²) < 4.78 is 40.1. The smallest absolute Gasteiger partial charge is 0.382 e. The third-order valence-corrected chi connectivity index (χ3v) is 4.28. The number of hydrogen-bond donors (Lipinski definition) is 1. The largest absolute Gasteiger partial charge is 0.443 e. The topological polar surface area (TPSA) is 69.1 Å². The SMILES string of the molecule is CC(C)(C)c1nc(-c2cnc(C(F)(F)F)s2)c2c(N)nccn12. The molecule has 0 aliphatic rings. The molecule has 0 atom stereocenters. The highest BCUT2D eigenvalue weighted by atomic mass is 32.1. The molecule has 23 heavy (non-hydrogen) atoms. The van der Waals surface area contributed by atoms with E-state index in [1.54, 1.807) is 10.6 Å². The van der Waals surface area contributed by atoms with Crippen LogP contribution in [-0.2, 0) is 11.6 Å². The standard InChI is InChI=1S/C14H14F3N5S/c1-13(2,3)11-21-8(9-10(18)19-4-5-22(9)11)7-6-20-12(23-7)14(15,16)17/h4-6H,1-3H3,(H2,18,19). The number of alkyl halides is 3. The second kappa shape index (κ2) is 4.92. The maximum atomic E-state index is 12.8. The Bertz CT molecular complexity index is 873. The fourth-order valence-corrected chi connectivity index (χ4v) is 3.05. The fraction of sp³-hybridized carbons (Fsp3) is 0.357. The molecule has 0 aromatic carbocycles. The molecule has 3 heterocycles. The van der Waals surface area contributed by atoms with Gasteiger partial charge in [0.1, 0.15) is 22.9 Å². The summed E-state index contributed by atoms with van der Waals surface area (Å²) in [6, 6.07) is 0. The molecule has 5 nitrogen and oxygen atoms in total. The number of rotatable bonds is 1. The molecule has 2 N–H and O–H groups in total. The lowest BCUT2D eigenvalue weighted by Crippen LogP contribution is -2.16. The van der Waals surface area contributed by atoms with Crippen LogP contribution in [0.2, 0.25) is 0 Å². The monoisotopic (exact) mass is 341 g/mol. The Morgan fingerprint density at radius 1 is 1.17 bits per heavy atom. The predicted octanol–water partition coefficient (Wildman–Crippen LogP) is 3.75. The molecule has 3 aromatic rings. The molecule has 0 aliphatic heterocycles. The van der Waals surface area contributed by atoms with Gasteiger partial charge in [0, 0.05) is 24.0 Å². The zero-order valence-corrected chi connectivity index (χ0v) is 13.5. The molecular formula is C14H14F3N5S. The lowest BCUT2D eigenvalue weighted by atomic mass is 9.96. The number of halogens is 3. The molecule has 0 amide bonds. The van der Waals surface area contributed by atoms with E-state index in [2.05, 4.69) is 15.0 Å². The van der Waals surface area contributed by atoms with Crippen LogP contribution in [-0.4, -0.2) is 19.4 Å². The Labute approximate surface area is 134 Å². The summed E-state index contributed by atoms with van der Waals surface area (Å²) in [7, 11) is 0. The van der Waals surface area contributed by atoms with Crippen LogP contribution >= 0.6 is 11.3 Å². The van der Waals surface area contributed by atoms with Crippen LogP contribution in [0.4, 0.5) is 19.0 Å². The molecule has 122 valence electrons. The van der Waals surface area contributed by atoms with E-state index in [-0.39, 0.29) is 11.2 Å². The van der Waals surface area contributed by atoms with Crippen molar-refractivity contribution < 1.29 is 13.2 Å². The Hall–Kier alpha value is -2.16. The van der Waals surface area contributed by atoms with Crippen molar-refractivity contribution in [3.63, 3.8) is 0 Å². The highest BCUT2D eigenvalue weighted by Gasteiger charge is 2.35. The van der Waals surface area contributed by atoms with Gasteiger partial charge in [-0.05, 0) is 0 Å². The minimum atomic E-state index is -4.48. The number of nitrogens with zero attached hydrogens (tertiary/aromatic N) is 4. The third-order valence-electron chi connectivity index (χ3n) is 3.24. The van der Waals surface area contributed by atoms with E-state index < -0.39 is 11.2 Å². The number of nitrogens with two attached hydrogens (primary N) is 1. The van der Waals surface area contributed by atoms with Crippen molar-refractivity contribution in [2.45, 2.75) is 32.4 Å². The van der Waals surface area contributed by atoms with E-state index in [9.17, 15) is 13.2 Å². The van der Waals surface area contributed by atoms with E-state index in [4.69, 9.17) is 5.73 Å². The first-order valence-corrected chi connectivity index (χ1v) is 7.57. The fourth-order valence-electron chi connectivity index (χ4n) is 2.28. The van der Waals surface area contributed by atoms with Crippen molar-refractivity contribution >= 4 is 22.7 Å². The number of imidazole rings is 1. The Balaban J connectivity index is 2.28. The summed E-state index contributed by atoms with van der Waals surface area (Å²) in [4.78, 5) is 12.3.